The summed E-state index contributed by atoms with van der Waals surface area (Å²) in [6, 6.07) is 8.41. The number of nitrogens with one attached hydrogen (secondary N) is 2. The molecule has 3 aromatic rings. The first-order valence-electron chi connectivity index (χ1n) is 11.3. The molecule has 0 radical (unpaired) electrons. The minimum absolute atomic E-state index is 0.222. The van der Waals surface area contributed by atoms with Crippen molar-refractivity contribution in [2.45, 2.75) is 26.4 Å². The number of hydrogen-bond acceptors (Lipinski definition) is 7. The highest BCUT2D eigenvalue weighted by Crippen LogP contribution is 2.19. The molecule has 10 nitrogen and oxygen atoms in total. The van der Waals surface area contributed by atoms with Crippen molar-refractivity contribution in [1.29, 1.82) is 0 Å². The zero-order valence-corrected chi connectivity index (χ0v) is 20.9. The summed E-state index contributed by atoms with van der Waals surface area (Å²) in [7, 11) is 1.59. The first-order valence-corrected chi connectivity index (χ1v) is 11.7. The predicted octanol–water partition coefficient (Wildman–Crippen LogP) is 3.30. The Morgan fingerprint density at radius 1 is 1.11 bits per heavy atom. The number of carbonyl (C=O) groups is 2. The van der Waals surface area contributed by atoms with Gasteiger partial charge in [0, 0.05) is 38.8 Å². The van der Waals surface area contributed by atoms with E-state index in [4.69, 9.17) is 17.0 Å². The van der Waals surface area contributed by atoms with E-state index in [2.05, 4.69) is 20.2 Å². The summed E-state index contributed by atoms with van der Waals surface area (Å²) in [5.41, 5.74) is 1.04. The van der Waals surface area contributed by atoms with Gasteiger partial charge in [-0.2, -0.15) is 0 Å². The van der Waals surface area contributed by atoms with Gasteiger partial charge in [-0.15, -0.1) is 0 Å². The molecule has 184 valence electrons. The van der Waals surface area contributed by atoms with Gasteiger partial charge in [-0.25, -0.2) is 9.78 Å². The molecule has 3 heterocycles. The number of H-pyrrole nitrogens is 1. The number of aromatic nitrogens is 3. The third kappa shape index (κ3) is 5.51. The van der Waals surface area contributed by atoms with Crippen molar-refractivity contribution in [2.24, 2.45) is 7.05 Å². The van der Waals surface area contributed by atoms with Crippen LogP contribution in [-0.2, 0) is 11.8 Å². The lowest BCUT2D eigenvalue weighted by Crippen LogP contribution is -2.50. The minimum atomic E-state index is -0.519. The van der Waals surface area contributed by atoms with E-state index in [1.165, 1.54) is 4.57 Å². The van der Waals surface area contributed by atoms with E-state index in [-0.39, 0.29) is 22.3 Å². The van der Waals surface area contributed by atoms with Crippen molar-refractivity contribution in [3.63, 3.8) is 0 Å². The van der Waals surface area contributed by atoms with E-state index in [0.717, 1.165) is 5.69 Å². The Bertz CT molecular complexity index is 1380. The van der Waals surface area contributed by atoms with Crippen LogP contribution in [0.5, 0.6) is 0 Å². The Balaban J connectivity index is 1.39. The normalized spacial score (nSPS) is 14.2. The van der Waals surface area contributed by atoms with Crippen molar-refractivity contribution in [3.8, 4) is 0 Å². The molecule has 2 N–H and O–H groups in total. The molecule has 4 rings (SSSR count). The number of nitrogens with zero attached hydrogens (tertiary/aromatic N) is 4. The first-order chi connectivity index (χ1) is 16.5. The molecular formula is C24H28N6O4S. The van der Waals surface area contributed by atoms with Crippen LogP contribution in [0.25, 0.3) is 10.9 Å². The lowest BCUT2D eigenvalue weighted by Gasteiger charge is -2.36. The number of rotatable bonds is 3. The van der Waals surface area contributed by atoms with Crippen LogP contribution in [0.15, 0.2) is 41.3 Å². The number of amides is 2. The Labute approximate surface area is 207 Å². The second kappa shape index (κ2) is 9.49. The molecule has 0 aliphatic carbocycles. The molecule has 0 spiro atoms. The molecule has 2 amide bonds. The molecule has 11 heteroatoms. The fourth-order valence-electron chi connectivity index (χ4n) is 3.76. The summed E-state index contributed by atoms with van der Waals surface area (Å²) in [5, 5.41) is 3.23. The number of aromatic amines is 1. The van der Waals surface area contributed by atoms with Gasteiger partial charge >= 0.3 is 6.09 Å². The Morgan fingerprint density at radius 2 is 1.83 bits per heavy atom. The highest BCUT2D eigenvalue weighted by atomic mass is 32.1. The maximum atomic E-state index is 12.7. The van der Waals surface area contributed by atoms with Crippen molar-refractivity contribution >= 4 is 46.6 Å². The van der Waals surface area contributed by atoms with Crippen LogP contribution < -0.4 is 15.8 Å². The van der Waals surface area contributed by atoms with Crippen molar-refractivity contribution in [3.05, 3.63) is 57.2 Å². The van der Waals surface area contributed by atoms with Crippen LogP contribution in [0, 0.1) is 4.77 Å². The van der Waals surface area contributed by atoms with Crippen LogP contribution in [0.3, 0.4) is 0 Å². The smallest absolute Gasteiger partial charge is 0.410 e. The number of anilines is 2. The summed E-state index contributed by atoms with van der Waals surface area (Å²) in [6.07, 6.45) is 1.39. The lowest BCUT2D eigenvalue weighted by molar-refractivity contribution is 0.0240. The van der Waals surface area contributed by atoms with E-state index >= 15 is 0 Å². The zero-order valence-electron chi connectivity index (χ0n) is 20.1. The summed E-state index contributed by atoms with van der Waals surface area (Å²) >= 11 is 5.16. The molecule has 35 heavy (non-hydrogen) atoms. The third-order valence-corrected chi connectivity index (χ3v) is 6.02. The van der Waals surface area contributed by atoms with Gasteiger partial charge in [0.15, 0.2) is 4.77 Å². The fraction of sp³-hybridized carbons (Fsp3) is 0.375. The number of ether oxygens (including phenoxy) is 1. The quantitative estimate of drug-likeness (QED) is 0.535. The monoisotopic (exact) mass is 496 g/mol. The molecule has 2 aromatic heterocycles. The van der Waals surface area contributed by atoms with Gasteiger partial charge in [0.05, 0.1) is 22.8 Å². The van der Waals surface area contributed by atoms with Gasteiger partial charge in [0.2, 0.25) is 0 Å². The van der Waals surface area contributed by atoms with Gasteiger partial charge in [-0.3, -0.25) is 14.2 Å². The maximum absolute atomic E-state index is 12.7. The summed E-state index contributed by atoms with van der Waals surface area (Å²) in [5.74, 6) is 0.0567. The molecule has 1 aliphatic rings. The number of pyridine rings is 1. The van der Waals surface area contributed by atoms with Crippen LogP contribution in [0.4, 0.5) is 16.3 Å². The number of hydrogen-bond donors (Lipinski definition) is 2. The standard InChI is InChI=1S/C24H28N6O4S/c1-24(2,3)34-23(33)30-11-9-29(10-12-30)16-6-8-19(25-14-16)27-20(31)15-5-7-17-18(13-15)26-22(35)28(4)21(17)32/h5-8,13-14H,9-12H2,1-4H3,(H,26,35)(H,25,27,31). The van der Waals surface area contributed by atoms with Gasteiger partial charge in [0.1, 0.15) is 11.4 Å². The Kier molecular flexibility index (Phi) is 6.62. The second-order valence-electron chi connectivity index (χ2n) is 9.36. The summed E-state index contributed by atoms with van der Waals surface area (Å²) in [6.45, 7) is 7.98. The van der Waals surface area contributed by atoms with Crippen molar-refractivity contribution in [1.82, 2.24) is 19.4 Å². The van der Waals surface area contributed by atoms with Gasteiger partial charge in [0.25, 0.3) is 11.5 Å². The van der Waals surface area contributed by atoms with Gasteiger partial charge in [-0.05, 0) is 63.3 Å². The third-order valence-electron chi connectivity index (χ3n) is 5.65. The SMILES string of the molecule is Cn1c(=S)[nH]c2cc(C(=O)Nc3ccc(N4CCN(C(=O)OC(C)(C)C)CC4)cn3)ccc2c1=O. The lowest BCUT2D eigenvalue weighted by atomic mass is 10.1. The van der Waals surface area contributed by atoms with E-state index < -0.39 is 5.60 Å². The van der Waals surface area contributed by atoms with Crippen molar-refractivity contribution < 1.29 is 14.3 Å². The number of benzene rings is 1. The molecule has 1 aliphatic heterocycles. The number of carbonyl (C=O) groups excluding carboxylic acids is 2. The van der Waals surface area contributed by atoms with Gasteiger partial charge < -0.3 is 24.8 Å². The largest absolute Gasteiger partial charge is 0.444 e. The van der Waals surface area contributed by atoms with E-state index in [9.17, 15) is 14.4 Å². The molecule has 0 saturated carbocycles. The zero-order chi connectivity index (χ0) is 25.3. The van der Waals surface area contributed by atoms with E-state index in [1.807, 2.05) is 26.8 Å². The van der Waals surface area contributed by atoms with Crippen LogP contribution in [0.1, 0.15) is 31.1 Å². The molecule has 0 unspecified atom stereocenters. The first kappa shape index (κ1) is 24.4. The Morgan fingerprint density at radius 3 is 2.46 bits per heavy atom. The van der Waals surface area contributed by atoms with Crippen LogP contribution >= 0.6 is 12.2 Å². The maximum Gasteiger partial charge on any atom is 0.410 e. The topological polar surface area (TPSA) is 113 Å². The molecule has 1 aromatic carbocycles. The highest BCUT2D eigenvalue weighted by molar-refractivity contribution is 7.71. The average molecular weight is 497 g/mol. The summed E-state index contributed by atoms with van der Waals surface area (Å²) < 4.78 is 7.07. The molecule has 0 bridgehead atoms. The highest BCUT2D eigenvalue weighted by Gasteiger charge is 2.26. The fourth-order valence-corrected chi connectivity index (χ4v) is 3.95. The molecule has 0 atom stereocenters. The van der Waals surface area contributed by atoms with Gasteiger partial charge in [-0.1, -0.05) is 0 Å². The van der Waals surface area contributed by atoms with Crippen LogP contribution in [0.2, 0.25) is 0 Å². The average Bonchev–Trinajstić information content (AvgIpc) is 2.82. The molecule has 1 fully saturated rings. The second-order valence-corrected chi connectivity index (χ2v) is 9.75. The van der Waals surface area contributed by atoms with Crippen LogP contribution in [-0.4, -0.2) is 63.2 Å². The minimum Gasteiger partial charge on any atom is -0.444 e. The van der Waals surface area contributed by atoms with E-state index in [1.54, 1.807) is 42.4 Å². The number of piperazine rings is 1. The van der Waals surface area contributed by atoms with E-state index in [0.29, 0.717) is 48.5 Å². The predicted molar refractivity (Wildman–Crippen MR) is 137 cm³/mol. The number of fused-ring (bicyclic) bond motifs is 1. The molecule has 1 saturated heterocycles. The Hall–Kier alpha value is -3.73. The van der Waals surface area contributed by atoms with Crippen molar-refractivity contribution in [2.75, 3.05) is 36.4 Å². The molecular weight excluding hydrogens is 468 g/mol. The summed E-state index contributed by atoms with van der Waals surface area (Å²) in [4.78, 5) is 48.5.